The van der Waals surface area contributed by atoms with Gasteiger partial charge in [0.1, 0.15) is 6.42 Å². The summed E-state index contributed by atoms with van der Waals surface area (Å²) in [6, 6.07) is 6.78. The lowest BCUT2D eigenvalue weighted by Gasteiger charge is -2.35. The molecule has 1 fully saturated rings. The van der Waals surface area contributed by atoms with E-state index in [-0.39, 0.29) is 31.6 Å². The molecule has 1 aromatic rings. The van der Waals surface area contributed by atoms with Crippen molar-refractivity contribution >= 4 is 5.97 Å². The monoisotopic (exact) mass is 416 g/mol. The molecule has 1 saturated heterocycles. The Morgan fingerprint density at radius 2 is 1.61 bits per heavy atom. The van der Waals surface area contributed by atoms with E-state index in [1.807, 2.05) is 0 Å². The number of halogens is 7. The first-order valence-corrected chi connectivity index (χ1v) is 8.58. The van der Waals surface area contributed by atoms with E-state index < -0.39 is 48.9 Å². The van der Waals surface area contributed by atoms with Gasteiger partial charge in [-0.1, -0.05) is 18.2 Å². The lowest BCUT2D eigenvalue weighted by Crippen LogP contribution is -2.53. The maximum atomic E-state index is 14.5. The smallest absolute Gasteiger partial charge is 0.395 e. The Kier molecular flexibility index (Phi) is 6.95. The lowest BCUT2D eigenvalue weighted by molar-refractivity contribution is -0.291. The summed E-state index contributed by atoms with van der Waals surface area (Å²) in [7, 11) is 0. The second-order valence-corrected chi connectivity index (χ2v) is 6.67. The highest BCUT2D eigenvalue weighted by Crippen LogP contribution is 2.47. The fourth-order valence-electron chi connectivity index (χ4n) is 2.93. The fourth-order valence-corrected chi connectivity index (χ4v) is 2.93. The standard InChI is InChI=1S/C18H19F7O3/c19-16(20,11-17(21,22)23)18(24,25)14(10-12-6-8-27-9-7-12)28-15(26)13-4-2-1-3-5-13/h1-5,12,14H,6-11H2. The highest BCUT2D eigenvalue weighted by Gasteiger charge is 2.66. The molecule has 0 spiro atoms. The molecule has 1 aromatic carbocycles. The molecule has 1 unspecified atom stereocenters. The minimum atomic E-state index is -5.51. The molecule has 0 bridgehead atoms. The molecule has 10 heteroatoms. The fraction of sp³-hybridized carbons (Fsp3) is 0.611. The molecule has 0 radical (unpaired) electrons. The summed E-state index contributed by atoms with van der Waals surface area (Å²) < 4.78 is 104. The van der Waals surface area contributed by atoms with E-state index >= 15 is 0 Å². The zero-order valence-corrected chi connectivity index (χ0v) is 14.7. The molecule has 0 saturated carbocycles. The zero-order chi connectivity index (χ0) is 21.0. The van der Waals surface area contributed by atoms with Gasteiger partial charge in [0.15, 0.2) is 6.10 Å². The third-order valence-electron chi connectivity index (χ3n) is 4.46. The largest absolute Gasteiger partial charge is 0.452 e. The van der Waals surface area contributed by atoms with Gasteiger partial charge in [-0.15, -0.1) is 0 Å². The SMILES string of the molecule is O=C(OC(CC1CCOCC1)C(F)(F)C(F)(F)CC(F)(F)F)c1ccccc1. The normalized spacial score (nSPS) is 18.0. The first kappa shape index (κ1) is 22.4. The van der Waals surface area contributed by atoms with E-state index in [1.165, 1.54) is 30.3 Å². The van der Waals surface area contributed by atoms with E-state index in [1.54, 1.807) is 0 Å². The number of carbonyl (C=O) groups excluding carboxylic acids is 1. The number of ether oxygens (including phenoxy) is 2. The Hall–Kier alpha value is -1.84. The predicted molar refractivity (Wildman–Crippen MR) is 84.4 cm³/mol. The van der Waals surface area contributed by atoms with Crippen molar-refractivity contribution in [2.24, 2.45) is 5.92 Å². The van der Waals surface area contributed by atoms with E-state index in [4.69, 9.17) is 4.74 Å². The van der Waals surface area contributed by atoms with E-state index in [9.17, 15) is 35.5 Å². The van der Waals surface area contributed by atoms with Gasteiger partial charge in [-0.05, 0) is 37.3 Å². The van der Waals surface area contributed by atoms with Gasteiger partial charge in [-0.2, -0.15) is 30.7 Å². The molecule has 0 N–H and O–H groups in total. The maximum absolute atomic E-state index is 14.5. The number of hydrogen-bond acceptors (Lipinski definition) is 3. The minimum absolute atomic E-state index is 0.172. The van der Waals surface area contributed by atoms with E-state index in [2.05, 4.69) is 4.74 Å². The van der Waals surface area contributed by atoms with Crippen LogP contribution in [0.15, 0.2) is 30.3 Å². The molecule has 2 rings (SSSR count). The van der Waals surface area contributed by atoms with Gasteiger partial charge < -0.3 is 9.47 Å². The van der Waals surface area contributed by atoms with Gasteiger partial charge in [0.05, 0.1) is 5.56 Å². The van der Waals surface area contributed by atoms with Gasteiger partial charge in [0.25, 0.3) is 0 Å². The van der Waals surface area contributed by atoms with Crippen LogP contribution in [-0.4, -0.2) is 43.3 Å². The summed E-state index contributed by atoms with van der Waals surface area (Å²) in [6.45, 7) is 0.406. The molecule has 0 aliphatic carbocycles. The maximum Gasteiger partial charge on any atom is 0.395 e. The van der Waals surface area contributed by atoms with Gasteiger partial charge in [-0.25, -0.2) is 4.79 Å². The van der Waals surface area contributed by atoms with Crippen molar-refractivity contribution in [3.05, 3.63) is 35.9 Å². The molecule has 1 aliphatic rings. The summed E-state index contributed by atoms with van der Waals surface area (Å²) in [5.41, 5.74) is -0.172. The minimum Gasteiger partial charge on any atom is -0.452 e. The lowest BCUT2D eigenvalue weighted by atomic mass is 9.89. The van der Waals surface area contributed by atoms with Crippen molar-refractivity contribution in [3.63, 3.8) is 0 Å². The summed E-state index contributed by atoms with van der Waals surface area (Å²) in [5, 5.41) is 0. The summed E-state index contributed by atoms with van der Waals surface area (Å²) in [5.74, 6) is -12.5. The van der Waals surface area contributed by atoms with Crippen LogP contribution >= 0.6 is 0 Å². The predicted octanol–water partition coefficient (Wildman–Crippen LogP) is 5.25. The van der Waals surface area contributed by atoms with Crippen molar-refractivity contribution in [1.29, 1.82) is 0 Å². The first-order chi connectivity index (χ1) is 12.9. The number of esters is 1. The second kappa shape index (κ2) is 8.67. The quantitative estimate of drug-likeness (QED) is 0.450. The zero-order valence-electron chi connectivity index (χ0n) is 14.7. The highest BCUT2D eigenvalue weighted by molar-refractivity contribution is 5.89. The van der Waals surface area contributed by atoms with Crippen LogP contribution in [-0.2, 0) is 9.47 Å². The van der Waals surface area contributed by atoms with Gasteiger partial charge in [0.2, 0.25) is 0 Å². The Balaban J connectivity index is 2.26. The molecule has 1 heterocycles. The number of benzene rings is 1. The van der Waals surface area contributed by atoms with E-state index in [0.717, 1.165) is 0 Å². The summed E-state index contributed by atoms with van der Waals surface area (Å²) in [4.78, 5) is 12.1. The van der Waals surface area contributed by atoms with Crippen molar-refractivity contribution in [1.82, 2.24) is 0 Å². The molecule has 28 heavy (non-hydrogen) atoms. The van der Waals surface area contributed by atoms with Crippen molar-refractivity contribution < 1.29 is 45.0 Å². The number of alkyl halides is 7. The average molecular weight is 416 g/mol. The van der Waals surface area contributed by atoms with Crippen LogP contribution in [0.3, 0.4) is 0 Å². The molecule has 0 aromatic heterocycles. The van der Waals surface area contributed by atoms with Gasteiger partial charge in [-0.3, -0.25) is 0 Å². The van der Waals surface area contributed by atoms with Gasteiger partial charge >= 0.3 is 24.0 Å². The Labute approximate surface area is 156 Å². The molecule has 1 aliphatic heterocycles. The van der Waals surface area contributed by atoms with Crippen LogP contribution in [0.2, 0.25) is 0 Å². The van der Waals surface area contributed by atoms with Crippen LogP contribution in [0.4, 0.5) is 30.7 Å². The average Bonchev–Trinajstić information content (AvgIpc) is 2.60. The van der Waals surface area contributed by atoms with Crippen LogP contribution in [0, 0.1) is 5.92 Å². The van der Waals surface area contributed by atoms with Crippen LogP contribution in [0.1, 0.15) is 36.0 Å². The Bertz CT molecular complexity index is 640. The first-order valence-electron chi connectivity index (χ1n) is 8.58. The highest BCUT2D eigenvalue weighted by atomic mass is 19.4. The van der Waals surface area contributed by atoms with Crippen molar-refractivity contribution in [2.45, 2.75) is 49.8 Å². The van der Waals surface area contributed by atoms with Crippen molar-refractivity contribution in [3.8, 4) is 0 Å². The van der Waals surface area contributed by atoms with E-state index in [0.29, 0.717) is 0 Å². The molecule has 158 valence electrons. The molecular weight excluding hydrogens is 397 g/mol. The molecule has 3 nitrogen and oxygen atoms in total. The second-order valence-electron chi connectivity index (χ2n) is 6.67. The molecular formula is C18H19F7O3. The van der Waals surface area contributed by atoms with Gasteiger partial charge in [0, 0.05) is 13.2 Å². The van der Waals surface area contributed by atoms with Crippen molar-refractivity contribution in [2.75, 3.05) is 13.2 Å². The summed E-state index contributed by atoms with van der Waals surface area (Å²) >= 11 is 0. The number of hydrogen-bond donors (Lipinski definition) is 0. The van der Waals surface area contributed by atoms with Crippen LogP contribution in [0.25, 0.3) is 0 Å². The number of carbonyl (C=O) groups is 1. The topological polar surface area (TPSA) is 35.5 Å². The molecule has 0 amide bonds. The summed E-state index contributed by atoms with van der Waals surface area (Å²) in [6.07, 6.45) is -11.4. The van der Waals surface area contributed by atoms with Crippen LogP contribution in [0.5, 0.6) is 0 Å². The Morgan fingerprint density at radius 3 is 2.14 bits per heavy atom. The third kappa shape index (κ3) is 5.83. The Morgan fingerprint density at radius 1 is 1.04 bits per heavy atom. The number of rotatable bonds is 7. The van der Waals surface area contributed by atoms with Crippen LogP contribution < -0.4 is 0 Å². The third-order valence-corrected chi connectivity index (χ3v) is 4.46. The molecule has 1 atom stereocenters.